The molecule has 0 saturated heterocycles. The third-order valence-electron chi connectivity index (χ3n) is 2.38. The Labute approximate surface area is 104 Å². The first-order chi connectivity index (χ1) is 8.16. The molecule has 2 rings (SSSR count). The molecule has 0 aliphatic rings. The summed E-state index contributed by atoms with van der Waals surface area (Å²) in [5, 5.41) is 12.3. The molecule has 0 spiro atoms. The lowest BCUT2D eigenvalue weighted by atomic mass is 10.2. The predicted octanol–water partition coefficient (Wildman–Crippen LogP) is 3.29. The number of aryl methyl sites for hydroxylation is 1. The maximum Gasteiger partial charge on any atom is 0.331 e. The second kappa shape index (κ2) is 5.01. The molecule has 88 valence electrons. The third-order valence-corrected chi connectivity index (χ3v) is 3.44. The van der Waals surface area contributed by atoms with E-state index in [1.807, 2.05) is 49.4 Å². The predicted molar refractivity (Wildman–Crippen MR) is 69.5 cm³/mol. The Balaban J connectivity index is 2.22. The van der Waals surface area contributed by atoms with Gasteiger partial charge in [-0.2, -0.15) is 0 Å². The maximum absolute atomic E-state index is 11.3. The minimum Gasteiger partial charge on any atom is -0.479 e. The number of carboxylic acids is 1. The van der Waals surface area contributed by atoms with Gasteiger partial charge < -0.3 is 10.4 Å². The van der Waals surface area contributed by atoms with Crippen molar-refractivity contribution in [1.82, 2.24) is 0 Å². The number of aliphatic carboxylic acids is 1. The summed E-state index contributed by atoms with van der Waals surface area (Å²) in [6, 6.07) is 12.5. The highest BCUT2D eigenvalue weighted by atomic mass is 32.1. The third kappa shape index (κ3) is 2.85. The van der Waals surface area contributed by atoms with Crippen LogP contribution in [0.1, 0.15) is 15.8 Å². The number of hydrogen-bond donors (Lipinski definition) is 2. The molecule has 2 N–H and O–H groups in total. The zero-order valence-corrected chi connectivity index (χ0v) is 10.2. The number of hydrogen-bond acceptors (Lipinski definition) is 3. The number of nitrogens with one attached hydrogen (secondary N) is 1. The lowest BCUT2D eigenvalue weighted by Gasteiger charge is -2.14. The highest BCUT2D eigenvalue weighted by Crippen LogP contribution is 2.26. The van der Waals surface area contributed by atoms with Crippen LogP contribution in [0.5, 0.6) is 0 Å². The maximum atomic E-state index is 11.3. The van der Waals surface area contributed by atoms with Gasteiger partial charge in [-0.15, -0.1) is 11.3 Å². The van der Waals surface area contributed by atoms with Crippen LogP contribution in [-0.2, 0) is 4.79 Å². The van der Waals surface area contributed by atoms with Gasteiger partial charge >= 0.3 is 5.97 Å². The van der Waals surface area contributed by atoms with E-state index >= 15 is 0 Å². The summed E-state index contributed by atoms with van der Waals surface area (Å²) in [6.45, 7) is 1.97. The first-order valence-corrected chi connectivity index (χ1v) is 6.09. The van der Waals surface area contributed by atoms with E-state index < -0.39 is 12.0 Å². The van der Waals surface area contributed by atoms with Crippen LogP contribution in [0, 0.1) is 6.92 Å². The minimum absolute atomic E-state index is 0.684. The SMILES string of the molecule is Cc1ccc(C(Nc2ccccc2)C(=O)O)s1. The molecule has 4 heteroatoms. The summed E-state index contributed by atoms with van der Waals surface area (Å²) >= 11 is 1.50. The molecule has 0 bridgehead atoms. The Morgan fingerprint density at radius 1 is 1.24 bits per heavy atom. The van der Waals surface area contributed by atoms with Crippen molar-refractivity contribution in [3.05, 3.63) is 52.2 Å². The first-order valence-electron chi connectivity index (χ1n) is 5.27. The van der Waals surface area contributed by atoms with Crippen LogP contribution >= 0.6 is 11.3 Å². The van der Waals surface area contributed by atoms with Crippen LogP contribution in [-0.4, -0.2) is 11.1 Å². The molecule has 3 nitrogen and oxygen atoms in total. The van der Waals surface area contributed by atoms with Gasteiger partial charge in [-0.25, -0.2) is 4.79 Å². The number of rotatable bonds is 4. The van der Waals surface area contributed by atoms with E-state index in [1.54, 1.807) is 0 Å². The lowest BCUT2D eigenvalue weighted by molar-refractivity contribution is -0.138. The van der Waals surface area contributed by atoms with Crippen LogP contribution < -0.4 is 5.32 Å². The summed E-state index contributed by atoms with van der Waals surface area (Å²) in [5.41, 5.74) is 0.811. The zero-order chi connectivity index (χ0) is 12.3. The van der Waals surface area contributed by atoms with Crippen LogP contribution in [0.2, 0.25) is 0 Å². The molecule has 0 aliphatic heterocycles. The zero-order valence-electron chi connectivity index (χ0n) is 9.38. The van der Waals surface area contributed by atoms with Crippen molar-refractivity contribution in [2.45, 2.75) is 13.0 Å². The molecule has 1 aromatic heterocycles. The first kappa shape index (κ1) is 11.7. The van der Waals surface area contributed by atoms with Gasteiger partial charge in [0.1, 0.15) is 0 Å². The Morgan fingerprint density at radius 2 is 1.94 bits per heavy atom. The van der Waals surface area contributed by atoms with E-state index in [1.165, 1.54) is 11.3 Å². The second-order valence-electron chi connectivity index (χ2n) is 3.73. The van der Waals surface area contributed by atoms with Crippen LogP contribution in [0.25, 0.3) is 0 Å². The van der Waals surface area contributed by atoms with Crippen LogP contribution in [0.3, 0.4) is 0 Å². The molecule has 1 aromatic carbocycles. The average Bonchev–Trinajstić information content (AvgIpc) is 2.73. The van der Waals surface area contributed by atoms with E-state index in [-0.39, 0.29) is 0 Å². The van der Waals surface area contributed by atoms with E-state index in [2.05, 4.69) is 5.32 Å². The molecule has 17 heavy (non-hydrogen) atoms. The van der Waals surface area contributed by atoms with Gasteiger partial charge in [0.05, 0.1) is 0 Å². The largest absolute Gasteiger partial charge is 0.479 e. The number of anilines is 1. The number of para-hydroxylation sites is 1. The van der Waals surface area contributed by atoms with Crippen LogP contribution in [0.15, 0.2) is 42.5 Å². The Morgan fingerprint density at radius 3 is 2.47 bits per heavy atom. The molecule has 0 fully saturated rings. The van der Waals surface area contributed by atoms with E-state index in [9.17, 15) is 9.90 Å². The lowest BCUT2D eigenvalue weighted by Crippen LogP contribution is -2.19. The highest BCUT2D eigenvalue weighted by Gasteiger charge is 2.20. The van der Waals surface area contributed by atoms with Gasteiger partial charge in [0.2, 0.25) is 0 Å². The standard InChI is InChI=1S/C13H13NO2S/c1-9-7-8-11(17-9)12(13(15)16)14-10-5-3-2-4-6-10/h2-8,12,14H,1H3,(H,15,16). The molecular formula is C13H13NO2S. The smallest absolute Gasteiger partial charge is 0.331 e. The summed E-state index contributed by atoms with van der Waals surface area (Å²) in [5.74, 6) is -0.865. The van der Waals surface area contributed by atoms with Gasteiger partial charge in [0.25, 0.3) is 0 Å². The summed E-state index contributed by atoms with van der Waals surface area (Å²) in [7, 11) is 0. The molecule has 0 saturated carbocycles. The number of carboxylic acid groups (broad SMARTS) is 1. The fourth-order valence-electron chi connectivity index (χ4n) is 1.56. The average molecular weight is 247 g/mol. The molecule has 0 radical (unpaired) electrons. The van der Waals surface area contributed by atoms with E-state index in [0.29, 0.717) is 0 Å². The van der Waals surface area contributed by atoms with E-state index in [4.69, 9.17) is 0 Å². The van der Waals surface area contributed by atoms with Gasteiger partial charge in [-0.3, -0.25) is 0 Å². The van der Waals surface area contributed by atoms with Crippen molar-refractivity contribution in [3.8, 4) is 0 Å². The van der Waals surface area contributed by atoms with Gasteiger partial charge in [0, 0.05) is 15.4 Å². The molecule has 1 heterocycles. The number of carbonyl (C=O) groups is 1. The van der Waals surface area contributed by atoms with Crippen LogP contribution in [0.4, 0.5) is 5.69 Å². The topological polar surface area (TPSA) is 49.3 Å². The summed E-state index contributed by atoms with van der Waals surface area (Å²) in [4.78, 5) is 13.2. The van der Waals surface area contributed by atoms with Crippen molar-refractivity contribution >= 4 is 23.0 Å². The van der Waals surface area contributed by atoms with Gasteiger partial charge in [-0.1, -0.05) is 18.2 Å². The number of thiophene rings is 1. The molecule has 0 aliphatic carbocycles. The van der Waals surface area contributed by atoms with Crippen molar-refractivity contribution in [1.29, 1.82) is 0 Å². The second-order valence-corrected chi connectivity index (χ2v) is 5.05. The quantitative estimate of drug-likeness (QED) is 0.871. The van der Waals surface area contributed by atoms with Gasteiger partial charge in [0.15, 0.2) is 6.04 Å². The van der Waals surface area contributed by atoms with Gasteiger partial charge in [-0.05, 0) is 31.2 Å². The molecular weight excluding hydrogens is 234 g/mol. The molecule has 0 amide bonds. The molecule has 2 aromatic rings. The van der Waals surface area contributed by atoms with E-state index in [0.717, 1.165) is 15.4 Å². The van der Waals surface area contributed by atoms with Crippen molar-refractivity contribution < 1.29 is 9.90 Å². The normalized spacial score (nSPS) is 12.1. The van der Waals surface area contributed by atoms with Crippen molar-refractivity contribution in [2.24, 2.45) is 0 Å². The fraction of sp³-hybridized carbons (Fsp3) is 0.154. The number of benzene rings is 1. The fourth-order valence-corrected chi connectivity index (χ4v) is 2.49. The molecule has 1 atom stereocenters. The molecule has 1 unspecified atom stereocenters. The van der Waals surface area contributed by atoms with Crippen molar-refractivity contribution in [2.75, 3.05) is 5.32 Å². The minimum atomic E-state index is -0.865. The Kier molecular flexibility index (Phi) is 3.44. The Bertz CT molecular complexity index is 507. The monoisotopic (exact) mass is 247 g/mol. The summed E-state index contributed by atoms with van der Waals surface area (Å²) in [6.07, 6.45) is 0. The highest BCUT2D eigenvalue weighted by molar-refractivity contribution is 7.12. The Hall–Kier alpha value is -1.81. The summed E-state index contributed by atoms with van der Waals surface area (Å²) < 4.78 is 0. The van der Waals surface area contributed by atoms with Crippen molar-refractivity contribution in [3.63, 3.8) is 0 Å².